The van der Waals surface area contributed by atoms with Crippen LogP contribution in [-0.4, -0.2) is 42.8 Å². The first-order valence-electron chi connectivity index (χ1n) is 6.88. The second-order valence-corrected chi connectivity index (χ2v) is 5.68. The normalized spacial score (nSPS) is 26.9. The summed E-state index contributed by atoms with van der Waals surface area (Å²) in [6.45, 7) is 9.92. The van der Waals surface area contributed by atoms with Crippen LogP contribution in [0.15, 0.2) is 12.2 Å². The molecule has 0 spiro atoms. The van der Waals surface area contributed by atoms with Crippen LogP contribution in [0.5, 0.6) is 0 Å². The highest BCUT2D eigenvalue weighted by Gasteiger charge is 2.44. The van der Waals surface area contributed by atoms with Crippen molar-refractivity contribution in [2.24, 2.45) is 5.73 Å². The van der Waals surface area contributed by atoms with E-state index in [9.17, 15) is 0 Å². The van der Waals surface area contributed by atoms with E-state index in [1.54, 1.807) is 0 Å². The highest BCUT2D eigenvalue weighted by Crippen LogP contribution is 2.39. The van der Waals surface area contributed by atoms with E-state index in [2.05, 4.69) is 18.4 Å². The summed E-state index contributed by atoms with van der Waals surface area (Å²) in [6, 6.07) is 0.237. The lowest BCUT2D eigenvalue weighted by Gasteiger charge is -2.47. The lowest BCUT2D eigenvalue weighted by molar-refractivity contribution is -0.0305. The zero-order valence-electron chi connectivity index (χ0n) is 11.1. The highest BCUT2D eigenvalue weighted by molar-refractivity contribution is 5.07. The zero-order valence-corrected chi connectivity index (χ0v) is 11.1. The second kappa shape index (κ2) is 5.51. The summed E-state index contributed by atoms with van der Waals surface area (Å²) in [7, 11) is 0. The molecular weight excluding hydrogens is 212 g/mol. The molecule has 1 unspecified atom stereocenters. The molecule has 2 aliphatic rings. The molecule has 1 heterocycles. The smallest absolute Gasteiger partial charge is 0.0594 e. The molecule has 1 saturated carbocycles. The van der Waals surface area contributed by atoms with Gasteiger partial charge in [-0.15, -0.1) is 6.58 Å². The molecule has 1 saturated heterocycles. The van der Waals surface area contributed by atoms with Crippen LogP contribution in [-0.2, 0) is 4.74 Å². The lowest BCUT2D eigenvalue weighted by atomic mass is 9.83. The van der Waals surface area contributed by atoms with Gasteiger partial charge in [0.05, 0.1) is 13.2 Å². The SMILES string of the molecule is C=C(C)CC(N)C1(N2CCOCC2)CCCC1. The molecule has 2 rings (SSSR count). The van der Waals surface area contributed by atoms with Crippen LogP contribution in [0.4, 0.5) is 0 Å². The van der Waals surface area contributed by atoms with Crippen LogP contribution in [0.25, 0.3) is 0 Å². The van der Waals surface area contributed by atoms with Crippen molar-refractivity contribution in [3.8, 4) is 0 Å². The Morgan fingerprint density at radius 3 is 2.47 bits per heavy atom. The molecular formula is C14H26N2O. The van der Waals surface area contributed by atoms with Gasteiger partial charge in [-0.3, -0.25) is 4.90 Å². The minimum atomic E-state index is 0.225. The Balaban J connectivity index is 2.10. The summed E-state index contributed by atoms with van der Waals surface area (Å²) in [5.74, 6) is 0. The van der Waals surface area contributed by atoms with Gasteiger partial charge in [-0.05, 0) is 26.2 Å². The van der Waals surface area contributed by atoms with Gasteiger partial charge in [0, 0.05) is 24.7 Å². The van der Waals surface area contributed by atoms with Crippen LogP contribution < -0.4 is 5.73 Å². The average Bonchev–Trinajstić information content (AvgIpc) is 2.79. The predicted octanol–water partition coefficient (Wildman–Crippen LogP) is 1.92. The minimum Gasteiger partial charge on any atom is -0.379 e. The summed E-state index contributed by atoms with van der Waals surface area (Å²) < 4.78 is 5.47. The molecule has 3 nitrogen and oxygen atoms in total. The van der Waals surface area contributed by atoms with E-state index in [1.807, 2.05) is 0 Å². The molecule has 1 aliphatic carbocycles. The molecule has 1 atom stereocenters. The maximum absolute atomic E-state index is 6.50. The van der Waals surface area contributed by atoms with Gasteiger partial charge in [0.15, 0.2) is 0 Å². The van der Waals surface area contributed by atoms with Crippen molar-refractivity contribution < 1.29 is 4.74 Å². The number of rotatable bonds is 4. The molecule has 0 aromatic carbocycles. The molecule has 0 amide bonds. The van der Waals surface area contributed by atoms with Gasteiger partial charge in [0.2, 0.25) is 0 Å². The number of nitrogens with zero attached hydrogens (tertiary/aromatic N) is 1. The number of hydrogen-bond donors (Lipinski definition) is 1. The minimum absolute atomic E-state index is 0.225. The Morgan fingerprint density at radius 2 is 1.94 bits per heavy atom. The Morgan fingerprint density at radius 1 is 1.35 bits per heavy atom. The fourth-order valence-electron chi connectivity index (χ4n) is 3.48. The fraction of sp³-hybridized carbons (Fsp3) is 0.857. The molecule has 0 bridgehead atoms. The van der Waals surface area contributed by atoms with Crippen LogP contribution >= 0.6 is 0 Å². The van der Waals surface area contributed by atoms with Crippen LogP contribution in [0.2, 0.25) is 0 Å². The van der Waals surface area contributed by atoms with Crippen molar-refractivity contribution in [1.82, 2.24) is 4.90 Å². The molecule has 98 valence electrons. The summed E-state index contributed by atoms with van der Waals surface area (Å²) in [5.41, 5.74) is 7.93. The van der Waals surface area contributed by atoms with E-state index in [4.69, 9.17) is 10.5 Å². The van der Waals surface area contributed by atoms with Gasteiger partial charge < -0.3 is 10.5 Å². The molecule has 2 fully saturated rings. The van der Waals surface area contributed by atoms with Crippen molar-refractivity contribution >= 4 is 0 Å². The molecule has 17 heavy (non-hydrogen) atoms. The number of morpholine rings is 1. The summed E-state index contributed by atoms with van der Waals surface area (Å²) in [6.07, 6.45) is 6.10. The van der Waals surface area contributed by atoms with Gasteiger partial charge in [-0.2, -0.15) is 0 Å². The van der Waals surface area contributed by atoms with Crippen molar-refractivity contribution in [3.05, 3.63) is 12.2 Å². The number of ether oxygens (including phenoxy) is 1. The van der Waals surface area contributed by atoms with Gasteiger partial charge in [0.25, 0.3) is 0 Å². The largest absolute Gasteiger partial charge is 0.379 e. The fourth-order valence-corrected chi connectivity index (χ4v) is 3.48. The molecule has 3 heteroatoms. The molecule has 2 N–H and O–H groups in total. The predicted molar refractivity (Wildman–Crippen MR) is 71.0 cm³/mol. The van der Waals surface area contributed by atoms with Gasteiger partial charge in [-0.25, -0.2) is 0 Å². The van der Waals surface area contributed by atoms with Crippen LogP contribution in [0, 0.1) is 0 Å². The van der Waals surface area contributed by atoms with Gasteiger partial charge in [0.1, 0.15) is 0 Å². The maximum atomic E-state index is 6.50. The average molecular weight is 238 g/mol. The van der Waals surface area contributed by atoms with E-state index >= 15 is 0 Å². The standard InChI is InChI=1S/C14H26N2O/c1-12(2)11-13(15)14(5-3-4-6-14)16-7-9-17-10-8-16/h13H,1,3-11,15H2,2H3. The van der Waals surface area contributed by atoms with Gasteiger partial charge in [-0.1, -0.05) is 18.4 Å². The second-order valence-electron chi connectivity index (χ2n) is 5.68. The monoisotopic (exact) mass is 238 g/mol. The van der Waals surface area contributed by atoms with E-state index in [1.165, 1.54) is 31.3 Å². The third-order valence-corrected chi connectivity index (χ3v) is 4.37. The summed E-state index contributed by atoms with van der Waals surface area (Å²) in [5, 5.41) is 0. The van der Waals surface area contributed by atoms with Crippen molar-refractivity contribution in [3.63, 3.8) is 0 Å². The highest BCUT2D eigenvalue weighted by atomic mass is 16.5. The summed E-state index contributed by atoms with van der Waals surface area (Å²) in [4.78, 5) is 2.59. The van der Waals surface area contributed by atoms with Crippen molar-refractivity contribution in [1.29, 1.82) is 0 Å². The summed E-state index contributed by atoms with van der Waals surface area (Å²) >= 11 is 0. The Kier molecular flexibility index (Phi) is 4.23. The maximum Gasteiger partial charge on any atom is 0.0594 e. The number of nitrogens with two attached hydrogens (primary N) is 1. The van der Waals surface area contributed by atoms with Crippen molar-refractivity contribution in [2.75, 3.05) is 26.3 Å². The van der Waals surface area contributed by atoms with Crippen LogP contribution in [0.3, 0.4) is 0 Å². The topological polar surface area (TPSA) is 38.5 Å². The first-order valence-corrected chi connectivity index (χ1v) is 6.88. The molecule has 0 aromatic heterocycles. The third kappa shape index (κ3) is 2.72. The van der Waals surface area contributed by atoms with E-state index in [-0.39, 0.29) is 11.6 Å². The molecule has 0 radical (unpaired) electrons. The van der Waals surface area contributed by atoms with Crippen molar-refractivity contribution in [2.45, 2.75) is 50.6 Å². The Bertz CT molecular complexity index is 265. The van der Waals surface area contributed by atoms with Crippen LogP contribution in [0.1, 0.15) is 39.0 Å². The first kappa shape index (κ1) is 13.1. The number of hydrogen-bond acceptors (Lipinski definition) is 3. The van der Waals surface area contributed by atoms with Gasteiger partial charge >= 0.3 is 0 Å². The zero-order chi connectivity index (χ0) is 12.3. The first-order chi connectivity index (χ1) is 8.15. The lowest BCUT2D eigenvalue weighted by Crippen LogP contribution is -2.61. The van der Waals surface area contributed by atoms with E-state index in [0.29, 0.717) is 0 Å². The Labute approximate surface area is 105 Å². The quantitative estimate of drug-likeness (QED) is 0.761. The van der Waals surface area contributed by atoms with E-state index in [0.717, 1.165) is 32.7 Å². The molecule has 1 aliphatic heterocycles. The molecule has 0 aromatic rings. The third-order valence-electron chi connectivity index (χ3n) is 4.37. The Hall–Kier alpha value is -0.380. The van der Waals surface area contributed by atoms with E-state index < -0.39 is 0 Å².